The SMILES string of the molecule is CCCCC/C=C\C/C=C\CCCCCCCC(=O)NC(COP(=O)(O)OCC[N+](C)(C)C)C(O)C(O)CCC/C=C/CC/C=C/CCCCC. The molecule has 298 valence electrons. The third-order valence-electron chi connectivity index (χ3n) is 8.62. The summed E-state index contributed by atoms with van der Waals surface area (Å²) in [6.07, 6.45) is 36.0. The maximum absolute atomic E-state index is 12.8. The molecule has 4 N–H and O–H groups in total. The summed E-state index contributed by atoms with van der Waals surface area (Å²) in [5, 5.41) is 24.5. The number of unbranched alkanes of at least 4 members (excludes halogenated alkanes) is 13. The van der Waals surface area contributed by atoms with E-state index in [9.17, 15) is 24.5 Å². The molecule has 0 saturated carbocycles. The molecule has 0 aliphatic rings. The van der Waals surface area contributed by atoms with Crippen molar-refractivity contribution in [1.82, 2.24) is 5.32 Å². The summed E-state index contributed by atoms with van der Waals surface area (Å²) in [4.78, 5) is 23.1. The van der Waals surface area contributed by atoms with Crippen LogP contribution in [0.15, 0.2) is 48.6 Å². The molecule has 0 aliphatic carbocycles. The van der Waals surface area contributed by atoms with Gasteiger partial charge in [-0.15, -0.1) is 0 Å². The Morgan fingerprint density at radius 1 is 0.686 bits per heavy atom. The average molecular weight is 742 g/mol. The zero-order valence-corrected chi connectivity index (χ0v) is 34.1. The number of carbonyl (C=O) groups is 1. The quantitative estimate of drug-likeness (QED) is 0.0221. The van der Waals surface area contributed by atoms with E-state index in [1.165, 1.54) is 44.9 Å². The number of phosphoric ester groups is 1. The van der Waals surface area contributed by atoms with Gasteiger partial charge in [0.25, 0.3) is 0 Å². The zero-order chi connectivity index (χ0) is 38.1. The standard InChI is InChI=1S/C41H77N2O7P/c1-6-8-10-12-14-16-18-20-21-22-24-26-28-30-32-34-40(45)42-38(37-50-51(47,48)49-36-35-43(3,4)5)41(46)39(44)33-31-29-27-25-23-19-17-15-13-11-9-7-2/h14-17,20-21,25,27,38-39,41,44,46H,6-13,18-19,22-24,26,28-37H2,1-5H3,(H-,42,45,47,48)/p+1/b16-14-,17-15+,21-20-,27-25+. The van der Waals surface area contributed by atoms with Crippen molar-refractivity contribution >= 4 is 13.7 Å². The number of likely N-dealkylation sites (N-methyl/N-ethyl adjacent to an activating group) is 1. The van der Waals surface area contributed by atoms with Crippen molar-refractivity contribution < 1.29 is 38.0 Å². The van der Waals surface area contributed by atoms with Crippen LogP contribution >= 0.6 is 7.82 Å². The monoisotopic (exact) mass is 742 g/mol. The summed E-state index contributed by atoms with van der Waals surface area (Å²) in [6.45, 7) is 4.47. The van der Waals surface area contributed by atoms with E-state index in [1.807, 2.05) is 21.1 Å². The minimum absolute atomic E-state index is 0.00900. The first kappa shape index (κ1) is 49.4. The Kier molecular flexibility index (Phi) is 32.0. The highest BCUT2D eigenvalue weighted by Gasteiger charge is 2.31. The molecule has 0 saturated heterocycles. The van der Waals surface area contributed by atoms with Crippen LogP contribution in [0.3, 0.4) is 0 Å². The van der Waals surface area contributed by atoms with Gasteiger partial charge in [0, 0.05) is 6.42 Å². The fraction of sp³-hybridized carbons (Fsp3) is 0.780. The smallest absolute Gasteiger partial charge is 0.390 e. The Morgan fingerprint density at radius 3 is 1.75 bits per heavy atom. The normalized spacial score (nSPS) is 15.7. The summed E-state index contributed by atoms with van der Waals surface area (Å²) < 4.78 is 23.4. The Balaban J connectivity index is 4.69. The van der Waals surface area contributed by atoms with Gasteiger partial charge in [-0.05, 0) is 83.5 Å². The highest BCUT2D eigenvalue weighted by Crippen LogP contribution is 2.43. The molecule has 0 fully saturated rings. The predicted molar refractivity (Wildman–Crippen MR) is 213 cm³/mol. The first-order chi connectivity index (χ1) is 24.4. The molecule has 4 unspecified atom stereocenters. The number of amides is 1. The Bertz CT molecular complexity index is 993. The second-order valence-corrected chi connectivity index (χ2v) is 16.2. The summed E-state index contributed by atoms with van der Waals surface area (Å²) in [5.74, 6) is -0.290. The zero-order valence-electron chi connectivity index (χ0n) is 33.2. The largest absolute Gasteiger partial charge is 0.472 e. The number of hydrogen-bond donors (Lipinski definition) is 4. The summed E-state index contributed by atoms with van der Waals surface area (Å²) in [7, 11) is 1.39. The van der Waals surface area contributed by atoms with Gasteiger partial charge in [-0.1, -0.05) is 107 Å². The number of aliphatic hydroxyl groups excluding tert-OH is 2. The third-order valence-corrected chi connectivity index (χ3v) is 9.60. The van der Waals surface area contributed by atoms with Crippen LogP contribution in [0, 0.1) is 0 Å². The lowest BCUT2D eigenvalue weighted by atomic mass is 10.0. The van der Waals surface area contributed by atoms with E-state index >= 15 is 0 Å². The van der Waals surface area contributed by atoms with Gasteiger partial charge in [-0.25, -0.2) is 4.57 Å². The van der Waals surface area contributed by atoms with Crippen molar-refractivity contribution in [3.8, 4) is 0 Å². The molecule has 0 bridgehead atoms. The Morgan fingerprint density at radius 2 is 1.18 bits per heavy atom. The lowest BCUT2D eigenvalue weighted by molar-refractivity contribution is -0.870. The van der Waals surface area contributed by atoms with Gasteiger partial charge in [0.15, 0.2) is 0 Å². The summed E-state index contributed by atoms with van der Waals surface area (Å²) >= 11 is 0. The highest BCUT2D eigenvalue weighted by molar-refractivity contribution is 7.47. The number of allylic oxidation sites excluding steroid dienone is 8. The predicted octanol–water partition coefficient (Wildman–Crippen LogP) is 9.49. The molecule has 0 rings (SSSR count). The molecule has 0 radical (unpaired) electrons. The fourth-order valence-corrected chi connectivity index (χ4v) is 6.04. The molecule has 9 nitrogen and oxygen atoms in total. The van der Waals surface area contributed by atoms with Gasteiger partial charge < -0.3 is 24.9 Å². The van der Waals surface area contributed by atoms with Gasteiger partial charge in [-0.2, -0.15) is 0 Å². The summed E-state index contributed by atoms with van der Waals surface area (Å²) in [6, 6.07) is -1.06. The van der Waals surface area contributed by atoms with Crippen LogP contribution in [0.4, 0.5) is 0 Å². The fourth-order valence-electron chi connectivity index (χ4n) is 5.30. The number of quaternary nitrogens is 1. The molecule has 0 spiro atoms. The van der Waals surface area contributed by atoms with Gasteiger partial charge in [0.1, 0.15) is 19.3 Å². The number of rotatable bonds is 35. The van der Waals surface area contributed by atoms with Crippen molar-refractivity contribution in [2.45, 2.75) is 167 Å². The highest BCUT2D eigenvalue weighted by atomic mass is 31.2. The average Bonchev–Trinajstić information content (AvgIpc) is 3.07. The topological polar surface area (TPSA) is 125 Å². The lowest BCUT2D eigenvalue weighted by Crippen LogP contribution is -2.51. The van der Waals surface area contributed by atoms with E-state index in [-0.39, 0.29) is 18.9 Å². The first-order valence-electron chi connectivity index (χ1n) is 20.1. The summed E-state index contributed by atoms with van der Waals surface area (Å²) in [5.41, 5.74) is 0. The molecule has 0 aliphatic heterocycles. The minimum Gasteiger partial charge on any atom is -0.390 e. The van der Waals surface area contributed by atoms with Gasteiger partial charge >= 0.3 is 7.82 Å². The van der Waals surface area contributed by atoms with Crippen LogP contribution in [0.5, 0.6) is 0 Å². The molecule has 0 aromatic carbocycles. The van der Waals surface area contributed by atoms with Crippen molar-refractivity contribution in [1.29, 1.82) is 0 Å². The Labute approximate surface area is 312 Å². The molecular weight excluding hydrogens is 663 g/mol. The van der Waals surface area contributed by atoms with Crippen LogP contribution < -0.4 is 5.32 Å². The van der Waals surface area contributed by atoms with Crippen LogP contribution in [-0.4, -0.2) is 84.6 Å². The first-order valence-corrected chi connectivity index (χ1v) is 21.6. The molecule has 0 aromatic rings. The third kappa shape index (κ3) is 34.0. The number of carbonyl (C=O) groups excluding carboxylic acids is 1. The van der Waals surface area contributed by atoms with Crippen molar-refractivity contribution in [3.63, 3.8) is 0 Å². The maximum Gasteiger partial charge on any atom is 0.472 e. The number of nitrogens with one attached hydrogen (secondary N) is 1. The van der Waals surface area contributed by atoms with Crippen LogP contribution in [0.2, 0.25) is 0 Å². The van der Waals surface area contributed by atoms with Crippen LogP contribution in [-0.2, 0) is 18.4 Å². The number of hydrogen-bond acceptors (Lipinski definition) is 6. The van der Waals surface area contributed by atoms with E-state index in [2.05, 4.69) is 67.8 Å². The second kappa shape index (κ2) is 33.0. The second-order valence-electron chi connectivity index (χ2n) is 14.8. The van der Waals surface area contributed by atoms with E-state index in [4.69, 9.17) is 9.05 Å². The van der Waals surface area contributed by atoms with Gasteiger partial charge in [-0.3, -0.25) is 13.8 Å². The minimum atomic E-state index is -4.43. The molecule has 51 heavy (non-hydrogen) atoms. The lowest BCUT2D eigenvalue weighted by Gasteiger charge is -2.28. The Hall–Kier alpha value is -1.58. The van der Waals surface area contributed by atoms with Crippen molar-refractivity contribution in [2.75, 3.05) is 40.9 Å². The number of aliphatic hydroxyl groups is 2. The van der Waals surface area contributed by atoms with E-state index in [0.717, 1.165) is 64.2 Å². The number of phosphoric acid groups is 1. The van der Waals surface area contributed by atoms with Crippen LogP contribution in [0.1, 0.15) is 149 Å². The molecule has 0 heterocycles. The molecule has 4 atom stereocenters. The molecular formula is C41H78N2O7P+. The maximum atomic E-state index is 12.8. The van der Waals surface area contributed by atoms with E-state index < -0.39 is 32.7 Å². The number of nitrogens with zero attached hydrogens (tertiary/aromatic N) is 1. The molecule has 10 heteroatoms. The van der Waals surface area contributed by atoms with E-state index in [0.29, 0.717) is 30.3 Å². The molecule has 0 aromatic heterocycles. The van der Waals surface area contributed by atoms with Gasteiger partial charge in [0.05, 0.1) is 39.9 Å². The van der Waals surface area contributed by atoms with Crippen molar-refractivity contribution in [3.05, 3.63) is 48.6 Å². The van der Waals surface area contributed by atoms with Crippen LogP contribution in [0.25, 0.3) is 0 Å². The molecule has 1 amide bonds. The van der Waals surface area contributed by atoms with Gasteiger partial charge in [0.2, 0.25) is 5.91 Å². The van der Waals surface area contributed by atoms with Crippen molar-refractivity contribution in [2.24, 2.45) is 0 Å². The van der Waals surface area contributed by atoms with E-state index in [1.54, 1.807) is 0 Å².